The first-order chi connectivity index (χ1) is 15.9. The number of aromatic nitrogens is 1. The maximum atomic E-state index is 13.6. The largest absolute Gasteiger partial charge is 0.465 e. The number of aryl methyl sites for hydroxylation is 1. The number of carbonyl (C=O) groups is 2. The van der Waals surface area contributed by atoms with E-state index < -0.39 is 6.09 Å². The summed E-state index contributed by atoms with van der Waals surface area (Å²) in [5.41, 5.74) is 2.67. The number of ketones is 1. The van der Waals surface area contributed by atoms with Crippen molar-refractivity contribution in [2.24, 2.45) is 0 Å². The minimum absolute atomic E-state index is 0.101. The Hall–Kier alpha value is -3.91. The summed E-state index contributed by atoms with van der Waals surface area (Å²) in [6.45, 7) is 2.66. The van der Waals surface area contributed by atoms with E-state index in [2.05, 4.69) is 5.32 Å². The van der Waals surface area contributed by atoms with Crippen LogP contribution in [0.4, 0.5) is 9.80 Å². The molecule has 0 spiro atoms. The lowest BCUT2D eigenvalue weighted by molar-refractivity contribution is 0.103. The smallest absolute Gasteiger partial charge is 0.407 e. The van der Waals surface area contributed by atoms with Gasteiger partial charge in [-0.25, -0.2) is 4.79 Å². The number of likely N-dealkylation sites (tertiary alicyclic amines) is 1. The highest BCUT2D eigenvalue weighted by molar-refractivity contribution is 7.23. The Balaban J connectivity index is 1.66. The number of benzene rings is 2. The highest BCUT2D eigenvalue weighted by Gasteiger charge is 2.32. The fourth-order valence-corrected chi connectivity index (χ4v) is 5.28. The molecule has 1 fully saturated rings. The number of amides is 1. The molecule has 1 saturated heterocycles. The summed E-state index contributed by atoms with van der Waals surface area (Å²) in [6, 6.07) is 19.7. The van der Waals surface area contributed by atoms with Gasteiger partial charge in [-0.05, 0) is 25.1 Å². The molecule has 3 heterocycles. The number of nitrogens with zero attached hydrogens (tertiary/aromatic N) is 2. The fourth-order valence-electron chi connectivity index (χ4n) is 3.99. The molecule has 1 amide bonds. The van der Waals surface area contributed by atoms with Crippen molar-refractivity contribution in [1.29, 1.82) is 0 Å². The lowest BCUT2D eigenvalue weighted by Gasteiger charge is -2.37. The Morgan fingerprint density at radius 1 is 1.00 bits per heavy atom. The van der Waals surface area contributed by atoms with Gasteiger partial charge in [0.2, 0.25) is 0 Å². The van der Waals surface area contributed by atoms with Crippen LogP contribution in [-0.4, -0.2) is 45.6 Å². The highest BCUT2D eigenvalue weighted by Crippen LogP contribution is 2.38. The van der Waals surface area contributed by atoms with Gasteiger partial charge in [0, 0.05) is 30.1 Å². The van der Waals surface area contributed by atoms with Crippen LogP contribution in [0.15, 0.2) is 71.5 Å². The first kappa shape index (κ1) is 21.0. The van der Waals surface area contributed by atoms with Gasteiger partial charge in [0.05, 0.1) is 17.3 Å². The van der Waals surface area contributed by atoms with E-state index >= 15 is 0 Å². The number of anilines is 1. The van der Waals surface area contributed by atoms with Crippen molar-refractivity contribution in [3.8, 4) is 5.69 Å². The standard InChI is InChI=1S/C25H21N3O4S/c1-15-7-9-18(10-8-15)28-20(29)12-11-19-21(22(30)16-5-3-2-4-6-16)23(33-24(19)28)26-17-13-27(14-17)25(31)32/h2-12,17,26H,13-14H2,1H3,(H,31,32). The van der Waals surface area contributed by atoms with E-state index in [1.165, 1.54) is 22.3 Å². The van der Waals surface area contributed by atoms with Crippen LogP contribution >= 0.6 is 11.3 Å². The molecule has 0 unspecified atom stereocenters. The van der Waals surface area contributed by atoms with Gasteiger partial charge in [-0.2, -0.15) is 0 Å². The second-order valence-corrected chi connectivity index (χ2v) is 9.09. The molecule has 0 aliphatic carbocycles. The maximum absolute atomic E-state index is 13.6. The number of nitrogens with one attached hydrogen (secondary N) is 1. The molecule has 4 aromatic rings. The second-order valence-electron chi connectivity index (χ2n) is 8.09. The average Bonchev–Trinajstić information content (AvgIpc) is 3.14. The van der Waals surface area contributed by atoms with Crippen LogP contribution in [-0.2, 0) is 0 Å². The molecular formula is C25H21N3O4S. The van der Waals surface area contributed by atoms with Gasteiger partial charge in [-0.3, -0.25) is 14.2 Å². The lowest BCUT2D eigenvalue weighted by Crippen LogP contribution is -2.56. The van der Waals surface area contributed by atoms with E-state index in [9.17, 15) is 14.4 Å². The molecule has 5 rings (SSSR count). The van der Waals surface area contributed by atoms with Crippen LogP contribution in [0.25, 0.3) is 15.9 Å². The quantitative estimate of drug-likeness (QED) is 0.433. The minimum Gasteiger partial charge on any atom is -0.465 e. The summed E-state index contributed by atoms with van der Waals surface area (Å²) in [7, 11) is 0. The summed E-state index contributed by atoms with van der Waals surface area (Å²) in [6.07, 6.45) is -0.960. The minimum atomic E-state index is -0.960. The van der Waals surface area contributed by atoms with E-state index in [4.69, 9.17) is 5.11 Å². The first-order valence-corrected chi connectivity index (χ1v) is 11.3. The Bertz CT molecular complexity index is 1420. The average molecular weight is 460 g/mol. The molecule has 2 aromatic carbocycles. The molecular weight excluding hydrogens is 438 g/mol. The zero-order valence-corrected chi connectivity index (χ0v) is 18.6. The van der Waals surface area contributed by atoms with Crippen LogP contribution < -0.4 is 10.9 Å². The molecule has 2 N–H and O–H groups in total. The Kier molecular flexibility index (Phi) is 5.22. The van der Waals surface area contributed by atoms with Gasteiger partial charge in [0.25, 0.3) is 5.56 Å². The molecule has 7 nitrogen and oxygen atoms in total. The SMILES string of the molecule is Cc1ccc(-n2c(=O)ccc3c(C(=O)c4ccccc4)c(NC4CN(C(=O)O)C4)sc32)cc1. The van der Waals surface area contributed by atoms with Gasteiger partial charge < -0.3 is 15.3 Å². The fraction of sp³-hybridized carbons (Fsp3) is 0.160. The Morgan fingerprint density at radius 2 is 1.70 bits per heavy atom. The molecule has 1 aliphatic rings. The number of pyridine rings is 1. The summed E-state index contributed by atoms with van der Waals surface area (Å²) in [5, 5.41) is 13.8. The molecule has 2 aromatic heterocycles. The van der Waals surface area contributed by atoms with Crippen LogP contribution in [0.1, 0.15) is 21.5 Å². The van der Waals surface area contributed by atoms with Crippen molar-refractivity contribution >= 4 is 38.4 Å². The molecule has 1 aliphatic heterocycles. The number of hydrogen-bond acceptors (Lipinski definition) is 5. The predicted molar refractivity (Wildman–Crippen MR) is 129 cm³/mol. The molecule has 8 heteroatoms. The number of carbonyl (C=O) groups excluding carboxylic acids is 1. The number of carboxylic acid groups (broad SMARTS) is 1. The zero-order valence-electron chi connectivity index (χ0n) is 17.8. The number of thiophene rings is 1. The van der Waals surface area contributed by atoms with Crippen molar-refractivity contribution in [3.63, 3.8) is 0 Å². The third kappa shape index (κ3) is 3.78. The van der Waals surface area contributed by atoms with Gasteiger partial charge in [0.1, 0.15) is 9.83 Å². The van der Waals surface area contributed by atoms with Gasteiger partial charge >= 0.3 is 6.09 Å². The van der Waals surface area contributed by atoms with Crippen LogP contribution in [0, 0.1) is 6.92 Å². The van der Waals surface area contributed by atoms with Crippen molar-refractivity contribution in [2.45, 2.75) is 13.0 Å². The van der Waals surface area contributed by atoms with Crippen molar-refractivity contribution in [1.82, 2.24) is 9.47 Å². The second kappa shape index (κ2) is 8.22. The third-order valence-electron chi connectivity index (χ3n) is 5.78. The van der Waals surface area contributed by atoms with Crippen molar-refractivity contribution in [3.05, 3.63) is 93.8 Å². The summed E-state index contributed by atoms with van der Waals surface area (Å²) in [5.74, 6) is -0.145. The predicted octanol–water partition coefficient (Wildman–Crippen LogP) is 4.37. The Labute approximate surface area is 193 Å². The van der Waals surface area contributed by atoms with Crippen LogP contribution in [0.3, 0.4) is 0 Å². The lowest BCUT2D eigenvalue weighted by atomic mass is 10.0. The Morgan fingerprint density at radius 3 is 2.36 bits per heavy atom. The summed E-state index contributed by atoms with van der Waals surface area (Å²) >= 11 is 1.34. The first-order valence-electron chi connectivity index (χ1n) is 10.5. The van der Waals surface area contributed by atoms with Crippen LogP contribution in [0.5, 0.6) is 0 Å². The molecule has 33 heavy (non-hydrogen) atoms. The topological polar surface area (TPSA) is 91.6 Å². The number of fused-ring (bicyclic) bond motifs is 1. The van der Waals surface area contributed by atoms with E-state index in [0.29, 0.717) is 39.4 Å². The normalized spacial score (nSPS) is 13.7. The molecule has 0 bridgehead atoms. The van der Waals surface area contributed by atoms with E-state index in [1.807, 2.05) is 49.4 Å². The summed E-state index contributed by atoms with van der Waals surface area (Å²) < 4.78 is 1.62. The summed E-state index contributed by atoms with van der Waals surface area (Å²) in [4.78, 5) is 39.6. The van der Waals surface area contributed by atoms with Gasteiger partial charge in [0.15, 0.2) is 5.78 Å². The van der Waals surface area contributed by atoms with E-state index in [1.54, 1.807) is 22.8 Å². The van der Waals surface area contributed by atoms with Crippen molar-refractivity contribution < 1.29 is 14.7 Å². The number of rotatable bonds is 5. The van der Waals surface area contributed by atoms with Crippen molar-refractivity contribution in [2.75, 3.05) is 18.4 Å². The molecule has 0 saturated carbocycles. The van der Waals surface area contributed by atoms with Crippen LogP contribution in [0.2, 0.25) is 0 Å². The maximum Gasteiger partial charge on any atom is 0.407 e. The molecule has 0 radical (unpaired) electrons. The monoisotopic (exact) mass is 459 g/mol. The van der Waals surface area contributed by atoms with Gasteiger partial charge in [-0.1, -0.05) is 59.4 Å². The van der Waals surface area contributed by atoms with E-state index in [-0.39, 0.29) is 17.4 Å². The van der Waals surface area contributed by atoms with Gasteiger partial charge in [-0.15, -0.1) is 0 Å². The number of hydrogen-bond donors (Lipinski definition) is 2. The zero-order chi connectivity index (χ0) is 23.1. The third-order valence-corrected chi connectivity index (χ3v) is 6.91. The molecule has 166 valence electrons. The highest BCUT2D eigenvalue weighted by atomic mass is 32.1. The van der Waals surface area contributed by atoms with E-state index in [0.717, 1.165) is 11.3 Å². The molecule has 0 atom stereocenters.